The van der Waals surface area contributed by atoms with Crippen LogP contribution in [-0.2, 0) is 0 Å². The van der Waals surface area contributed by atoms with Gasteiger partial charge in [-0.2, -0.15) is 0 Å². The van der Waals surface area contributed by atoms with Gasteiger partial charge in [-0.15, -0.1) is 13.2 Å². The first-order chi connectivity index (χ1) is 9.46. The van der Waals surface area contributed by atoms with Gasteiger partial charge in [0.05, 0.1) is 0 Å². The number of benzene rings is 1. The van der Waals surface area contributed by atoms with E-state index < -0.39 is 6.36 Å². The molecule has 0 aromatic heterocycles. The highest BCUT2D eigenvalue weighted by molar-refractivity contribution is 5.48. The normalized spacial score (nSPS) is 22.8. The van der Waals surface area contributed by atoms with Gasteiger partial charge in [-0.05, 0) is 25.0 Å². The van der Waals surface area contributed by atoms with Gasteiger partial charge in [-0.1, -0.05) is 6.07 Å². The summed E-state index contributed by atoms with van der Waals surface area (Å²) in [6.07, 6.45) is -2.63. The highest BCUT2D eigenvalue weighted by atomic mass is 19.4. The van der Waals surface area contributed by atoms with Crippen LogP contribution in [0.25, 0.3) is 0 Å². The van der Waals surface area contributed by atoms with Crippen molar-refractivity contribution in [2.45, 2.75) is 31.3 Å². The van der Waals surface area contributed by atoms with Crippen molar-refractivity contribution in [3.05, 3.63) is 24.3 Å². The van der Waals surface area contributed by atoms with Crippen molar-refractivity contribution in [2.75, 3.05) is 18.4 Å². The Morgan fingerprint density at radius 1 is 1.30 bits per heavy atom. The molecule has 112 valence electrons. The van der Waals surface area contributed by atoms with E-state index in [1.807, 2.05) is 0 Å². The van der Waals surface area contributed by atoms with Crippen LogP contribution in [0.4, 0.5) is 18.9 Å². The fourth-order valence-electron chi connectivity index (χ4n) is 2.29. The van der Waals surface area contributed by atoms with Gasteiger partial charge in [0, 0.05) is 36.9 Å². The molecule has 1 aliphatic rings. The average Bonchev–Trinajstić information content (AvgIpc) is 2.83. The van der Waals surface area contributed by atoms with Crippen LogP contribution in [0.5, 0.6) is 5.75 Å². The minimum absolute atomic E-state index is 0.221. The average molecular weight is 289 g/mol. The van der Waals surface area contributed by atoms with E-state index in [1.54, 1.807) is 6.07 Å². The molecule has 1 heterocycles. The summed E-state index contributed by atoms with van der Waals surface area (Å²) in [4.78, 5) is 0. The first kappa shape index (κ1) is 14.9. The molecule has 2 atom stereocenters. The molecule has 0 spiro atoms. The Labute approximate surface area is 115 Å². The molecule has 1 aromatic carbocycles. The van der Waals surface area contributed by atoms with Crippen molar-refractivity contribution < 1.29 is 17.9 Å². The summed E-state index contributed by atoms with van der Waals surface area (Å²) in [6, 6.07) is 6.46. The molecule has 2 rings (SSSR count). The molecule has 1 aromatic rings. The summed E-state index contributed by atoms with van der Waals surface area (Å²) >= 11 is 0. The van der Waals surface area contributed by atoms with Crippen LogP contribution in [0, 0.1) is 0 Å². The fraction of sp³-hybridized carbons (Fsp3) is 0.538. The van der Waals surface area contributed by atoms with Crippen molar-refractivity contribution in [1.82, 2.24) is 5.32 Å². The van der Waals surface area contributed by atoms with Gasteiger partial charge >= 0.3 is 6.36 Å². The number of nitrogens with one attached hydrogen (secondary N) is 2. The Hall–Kier alpha value is -1.47. The van der Waals surface area contributed by atoms with Gasteiger partial charge in [0.15, 0.2) is 0 Å². The third-order valence-electron chi connectivity index (χ3n) is 3.24. The van der Waals surface area contributed by atoms with Crippen molar-refractivity contribution in [3.8, 4) is 5.75 Å². The SMILES string of the molecule is NCC1CCC(CNc2cccc(OC(F)(F)F)c2)N1. The molecular weight excluding hydrogens is 271 g/mol. The zero-order valence-corrected chi connectivity index (χ0v) is 10.9. The Morgan fingerprint density at radius 3 is 2.70 bits per heavy atom. The molecule has 4 nitrogen and oxygen atoms in total. The topological polar surface area (TPSA) is 59.3 Å². The van der Waals surface area contributed by atoms with E-state index in [-0.39, 0.29) is 11.8 Å². The third-order valence-corrected chi connectivity index (χ3v) is 3.24. The summed E-state index contributed by atoms with van der Waals surface area (Å²) in [5.74, 6) is -0.221. The van der Waals surface area contributed by atoms with Gasteiger partial charge in [-0.25, -0.2) is 0 Å². The lowest BCUT2D eigenvalue weighted by molar-refractivity contribution is -0.274. The van der Waals surface area contributed by atoms with Crippen molar-refractivity contribution in [3.63, 3.8) is 0 Å². The largest absolute Gasteiger partial charge is 0.573 e. The van der Waals surface area contributed by atoms with Crippen LogP contribution in [0.1, 0.15) is 12.8 Å². The highest BCUT2D eigenvalue weighted by Gasteiger charge is 2.31. The first-order valence-electron chi connectivity index (χ1n) is 6.52. The Morgan fingerprint density at radius 2 is 2.05 bits per heavy atom. The Bertz CT molecular complexity index is 439. The maximum Gasteiger partial charge on any atom is 0.573 e. The van der Waals surface area contributed by atoms with Crippen LogP contribution in [0.3, 0.4) is 0 Å². The van der Waals surface area contributed by atoms with E-state index in [4.69, 9.17) is 5.73 Å². The van der Waals surface area contributed by atoms with Gasteiger partial charge < -0.3 is 21.1 Å². The minimum Gasteiger partial charge on any atom is -0.406 e. The zero-order valence-electron chi connectivity index (χ0n) is 10.9. The van der Waals surface area contributed by atoms with Crippen molar-refractivity contribution in [1.29, 1.82) is 0 Å². The Kier molecular flexibility index (Phi) is 4.72. The predicted octanol–water partition coefficient (Wildman–Crippen LogP) is 2.08. The first-order valence-corrected chi connectivity index (χ1v) is 6.52. The monoisotopic (exact) mass is 289 g/mol. The maximum atomic E-state index is 12.1. The van der Waals surface area contributed by atoms with Crippen molar-refractivity contribution >= 4 is 5.69 Å². The van der Waals surface area contributed by atoms with Crippen LogP contribution in [0.15, 0.2) is 24.3 Å². The summed E-state index contributed by atoms with van der Waals surface area (Å²) in [5, 5.41) is 6.47. The van der Waals surface area contributed by atoms with Gasteiger partial charge in [0.25, 0.3) is 0 Å². The summed E-state index contributed by atoms with van der Waals surface area (Å²) in [5.41, 5.74) is 6.18. The molecule has 1 aliphatic heterocycles. The second-order valence-electron chi connectivity index (χ2n) is 4.83. The number of nitrogens with two attached hydrogens (primary N) is 1. The highest BCUT2D eigenvalue weighted by Crippen LogP contribution is 2.25. The van der Waals surface area contributed by atoms with Crippen LogP contribution in [0.2, 0.25) is 0 Å². The second-order valence-corrected chi connectivity index (χ2v) is 4.83. The summed E-state index contributed by atoms with van der Waals surface area (Å²) < 4.78 is 40.2. The molecule has 1 saturated heterocycles. The van der Waals surface area contributed by atoms with Gasteiger partial charge in [0.1, 0.15) is 5.75 Å². The van der Waals surface area contributed by atoms with E-state index in [0.29, 0.717) is 24.8 Å². The molecule has 4 N–H and O–H groups in total. The van der Waals surface area contributed by atoms with Crippen LogP contribution in [-0.4, -0.2) is 31.5 Å². The van der Waals surface area contributed by atoms with E-state index in [2.05, 4.69) is 15.4 Å². The maximum absolute atomic E-state index is 12.1. The van der Waals surface area contributed by atoms with Crippen LogP contribution < -0.4 is 21.1 Å². The van der Waals surface area contributed by atoms with Gasteiger partial charge in [-0.3, -0.25) is 0 Å². The molecule has 1 fully saturated rings. The van der Waals surface area contributed by atoms with E-state index in [0.717, 1.165) is 12.8 Å². The Balaban J connectivity index is 1.85. The number of rotatable bonds is 5. The molecular formula is C13H18F3N3O. The van der Waals surface area contributed by atoms with E-state index in [1.165, 1.54) is 18.2 Å². The lowest BCUT2D eigenvalue weighted by atomic mass is 10.2. The van der Waals surface area contributed by atoms with E-state index in [9.17, 15) is 13.2 Å². The summed E-state index contributed by atoms with van der Waals surface area (Å²) in [7, 11) is 0. The van der Waals surface area contributed by atoms with E-state index >= 15 is 0 Å². The number of alkyl halides is 3. The fourth-order valence-corrected chi connectivity index (χ4v) is 2.29. The smallest absolute Gasteiger partial charge is 0.406 e. The lowest BCUT2D eigenvalue weighted by Gasteiger charge is -2.15. The molecule has 7 heteroatoms. The zero-order chi connectivity index (χ0) is 14.6. The quantitative estimate of drug-likeness (QED) is 0.776. The molecule has 0 aliphatic carbocycles. The minimum atomic E-state index is -4.67. The molecule has 0 bridgehead atoms. The molecule has 0 amide bonds. The number of anilines is 1. The molecule has 20 heavy (non-hydrogen) atoms. The predicted molar refractivity (Wildman–Crippen MR) is 70.6 cm³/mol. The number of ether oxygens (including phenoxy) is 1. The third kappa shape index (κ3) is 4.57. The van der Waals surface area contributed by atoms with Crippen molar-refractivity contribution in [2.24, 2.45) is 5.73 Å². The van der Waals surface area contributed by atoms with Gasteiger partial charge in [0.2, 0.25) is 0 Å². The summed E-state index contributed by atoms with van der Waals surface area (Å²) in [6.45, 7) is 1.25. The molecule has 2 unspecified atom stereocenters. The second kappa shape index (κ2) is 6.32. The number of halogens is 3. The van der Waals surface area contributed by atoms with Crippen LogP contribution >= 0.6 is 0 Å². The number of hydrogen-bond acceptors (Lipinski definition) is 4. The number of hydrogen-bond donors (Lipinski definition) is 3. The molecule has 0 radical (unpaired) electrons. The standard InChI is InChI=1S/C13H18F3N3O/c14-13(15,16)20-12-3-1-2-9(6-12)18-8-11-5-4-10(7-17)19-11/h1-3,6,10-11,18-19H,4-5,7-8,17H2. The molecule has 0 saturated carbocycles. The lowest BCUT2D eigenvalue weighted by Crippen LogP contribution is -2.38.